The van der Waals surface area contributed by atoms with Gasteiger partial charge in [0.15, 0.2) is 0 Å². The molecule has 1 amide bonds. The van der Waals surface area contributed by atoms with Crippen molar-refractivity contribution in [2.45, 2.75) is 31.7 Å². The van der Waals surface area contributed by atoms with E-state index in [1.165, 1.54) is 0 Å². The van der Waals surface area contributed by atoms with Crippen LogP contribution in [0.3, 0.4) is 0 Å². The van der Waals surface area contributed by atoms with E-state index in [0.717, 1.165) is 24.8 Å². The highest BCUT2D eigenvalue weighted by Crippen LogP contribution is 2.30. The molecule has 21 heavy (non-hydrogen) atoms. The first kappa shape index (κ1) is 15.8. The van der Waals surface area contributed by atoms with Crippen molar-refractivity contribution in [3.63, 3.8) is 0 Å². The molecule has 0 bridgehead atoms. The van der Waals surface area contributed by atoms with Crippen LogP contribution in [-0.4, -0.2) is 35.3 Å². The molecule has 2 rings (SSSR count). The molecule has 116 valence electrons. The number of phenolic OH excluding ortho intramolecular Hbond substituents is 1. The molecule has 5 nitrogen and oxygen atoms in total. The number of aliphatic hydroxyl groups excluding tert-OH is 1. The highest BCUT2D eigenvalue weighted by molar-refractivity contribution is 5.81. The zero-order valence-electron chi connectivity index (χ0n) is 12.2. The molecule has 5 heteroatoms. The Labute approximate surface area is 125 Å². The number of nitrogens with two attached hydrogens (primary N) is 1. The second-order valence-electron chi connectivity index (χ2n) is 5.86. The molecule has 1 fully saturated rings. The second-order valence-corrected chi connectivity index (χ2v) is 5.86. The number of hydrogen-bond acceptors (Lipinski definition) is 4. The standard InChI is InChI=1S/C16H24N2O3/c17-15(8-11-4-6-14(20)7-5-11)16(21)18-9-12-2-1-3-13(12)10-19/h4-7,12-13,15,19-20H,1-3,8-10,17H2,(H,18,21)/t12?,13?,15-/m1/s1. The minimum Gasteiger partial charge on any atom is -0.508 e. The Hall–Kier alpha value is -1.59. The summed E-state index contributed by atoms with van der Waals surface area (Å²) in [6.45, 7) is 0.785. The fourth-order valence-corrected chi connectivity index (χ4v) is 2.96. The lowest BCUT2D eigenvalue weighted by Gasteiger charge is -2.19. The average Bonchev–Trinajstić information content (AvgIpc) is 2.94. The zero-order valence-corrected chi connectivity index (χ0v) is 12.2. The number of hydrogen-bond donors (Lipinski definition) is 4. The van der Waals surface area contributed by atoms with Crippen LogP contribution in [0.2, 0.25) is 0 Å². The summed E-state index contributed by atoms with van der Waals surface area (Å²) >= 11 is 0. The maximum atomic E-state index is 12.0. The molecular weight excluding hydrogens is 268 g/mol. The fraction of sp³-hybridized carbons (Fsp3) is 0.562. The van der Waals surface area contributed by atoms with Crippen molar-refractivity contribution in [3.05, 3.63) is 29.8 Å². The van der Waals surface area contributed by atoms with Crippen molar-refractivity contribution >= 4 is 5.91 Å². The summed E-state index contributed by atoms with van der Waals surface area (Å²) in [6.07, 6.45) is 3.65. The van der Waals surface area contributed by atoms with Crippen molar-refractivity contribution in [1.82, 2.24) is 5.32 Å². The van der Waals surface area contributed by atoms with E-state index in [2.05, 4.69) is 5.32 Å². The molecule has 3 atom stereocenters. The van der Waals surface area contributed by atoms with Crippen LogP contribution < -0.4 is 11.1 Å². The molecule has 2 unspecified atom stereocenters. The summed E-state index contributed by atoms with van der Waals surface area (Å²) in [6, 6.07) is 6.11. The quantitative estimate of drug-likeness (QED) is 0.623. The number of phenols is 1. The van der Waals surface area contributed by atoms with Gasteiger partial charge in [-0.15, -0.1) is 0 Å². The van der Waals surface area contributed by atoms with Gasteiger partial charge in [-0.3, -0.25) is 4.79 Å². The first-order valence-corrected chi connectivity index (χ1v) is 7.52. The highest BCUT2D eigenvalue weighted by atomic mass is 16.3. The first-order valence-electron chi connectivity index (χ1n) is 7.52. The van der Waals surface area contributed by atoms with Crippen molar-refractivity contribution in [3.8, 4) is 5.75 Å². The topological polar surface area (TPSA) is 95.6 Å². The smallest absolute Gasteiger partial charge is 0.237 e. The van der Waals surface area contributed by atoms with Gasteiger partial charge in [0.05, 0.1) is 6.04 Å². The Morgan fingerprint density at radius 3 is 2.62 bits per heavy atom. The van der Waals surface area contributed by atoms with Crippen molar-refractivity contribution in [1.29, 1.82) is 0 Å². The number of amides is 1. The Bertz CT molecular complexity index is 461. The lowest BCUT2D eigenvalue weighted by Crippen LogP contribution is -2.44. The van der Waals surface area contributed by atoms with Gasteiger partial charge in [0, 0.05) is 13.2 Å². The van der Waals surface area contributed by atoms with Crippen LogP contribution in [0.15, 0.2) is 24.3 Å². The average molecular weight is 292 g/mol. The maximum absolute atomic E-state index is 12.0. The Morgan fingerprint density at radius 2 is 1.95 bits per heavy atom. The molecule has 0 aliphatic heterocycles. The van der Waals surface area contributed by atoms with E-state index in [9.17, 15) is 15.0 Å². The van der Waals surface area contributed by atoms with E-state index in [-0.39, 0.29) is 18.3 Å². The number of carbonyl (C=O) groups is 1. The van der Waals surface area contributed by atoms with Gasteiger partial charge >= 0.3 is 0 Å². The lowest BCUT2D eigenvalue weighted by molar-refractivity contribution is -0.122. The predicted octanol–water partition coefficient (Wildman–Crippen LogP) is 0.787. The van der Waals surface area contributed by atoms with E-state index in [1.54, 1.807) is 24.3 Å². The molecule has 0 spiro atoms. The van der Waals surface area contributed by atoms with Crippen LogP contribution in [-0.2, 0) is 11.2 Å². The first-order chi connectivity index (χ1) is 10.1. The molecule has 0 aromatic heterocycles. The fourth-order valence-electron chi connectivity index (χ4n) is 2.96. The second kappa shape index (κ2) is 7.43. The number of rotatable bonds is 6. The predicted molar refractivity (Wildman–Crippen MR) is 80.7 cm³/mol. The number of aromatic hydroxyl groups is 1. The van der Waals surface area contributed by atoms with Gasteiger partial charge in [0.25, 0.3) is 0 Å². The number of nitrogens with one attached hydrogen (secondary N) is 1. The third-order valence-electron chi connectivity index (χ3n) is 4.32. The monoisotopic (exact) mass is 292 g/mol. The minimum absolute atomic E-state index is 0.160. The van der Waals surface area contributed by atoms with E-state index in [4.69, 9.17) is 5.73 Å². The largest absolute Gasteiger partial charge is 0.508 e. The van der Waals surface area contributed by atoms with Gasteiger partial charge in [-0.05, 0) is 48.8 Å². The number of carbonyl (C=O) groups excluding carboxylic acids is 1. The SMILES string of the molecule is N[C@H](Cc1ccc(O)cc1)C(=O)NCC1CCCC1CO. The molecular formula is C16H24N2O3. The van der Waals surface area contributed by atoms with Crippen LogP contribution in [0, 0.1) is 11.8 Å². The van der Waals surface area contributed by atoms with Gasteiger partial charge in [-0.2, -0.15) is 0 Å². The van der Waals surface area contributed by atoms with Crippen molar-refractivity contribution in [2.24, 2.45) is 17.6 Å². The van der Waals surface area contributed by atoms with Crippen LogP contribution in [0.25, 0.3) is 0 Å². The molecule has 0 saturated heterocycles. The summed E-state index contributed by atoms with van der Waals surface area (Å²) in [4.78, 5) is 12.0. The van der Waals surface area contributed by atoms with E-state index in [1.807, 2.05) is 0 Å². The lowest BCUT2D eigenvalue weighted by atomic mass is 9.97. The molecule has 1 aromatic carbocycles. The Morgan fingerprint density at radius 1 is 1.29 bits per heavy atom. The van der Waals surface area contributed by atoms with E-state index >= 15 is 0 Å². The Kier molecular flexibility index (Phi) is 5.59. The highest BCUT2D eigenvalue weighted by Gasteiger charge is 2.27. The Balaban J connectivity index is 1.78. The van der Waals surface area contributed by atoms with E-state index in [0.29, 0.717) is 24.8 Å². The van der Waals surface area contributed by atoms with Crippen molar-refractivity contribution in [2.75, 3.05) is 13.2 Å². The number of aliphatic hydroxyl groups is 1. The van der Waals surface area contributed by atoms with Crippen molar-refractivity contribution < 1.29 is 15.0 Å². The third kappa shape index (κ3) is 4.44. The summed E-state index contributed by atoms with van der Waals surface area (Å²) in [5, 5.41) is 21.4. The molecule has 5 N–H and O–H groups in total. The summed E-state index contributed by atoms with van der Waals surface area (Å²) in [5.74, 6) is 0.707. The van der Waals surface area contributed by atoms with Crippen LogP contribution >= 0.6 is 0 Å². The van der Waals surface area contributed by atoms with Gasteiger partial charge in [0.2, 0.25) is 5.91 Å². The molecule has 1 saturated carbocycles. The summed E-state index contributed by atoms with van der Waals surface area (Å²) in [5.41, 5.74) is 6.84. The van der Waals surface area contributed by atoms with Crippen LogP contribution in [0.4, 0.5) is 0 Å². The summed E-state index contributed by atoms with van der Waals surface area (Å²) in [7, 11) is 0. The normalized spacial score (nSPS) is 23.0. The van der Waals surface area contributed by atoms with Gasteiger partial charge in [0.1, 0.15) is 5.75 Å². The molecule has 1 aromatic rings. The van der Waals surface area contributed by atoms with Crippen LogP contribution in [0.1, 0.15) is 24.8 Å². The minimum atomic E-state index is -0.594. The molecule has 1 aliphatic carbocycles. The maximum Gasteiger partial charge on any atom is 0.237 e. The summed E-state index contributed by atoms with van der Waals surface area (Å²) < 4.78 is 0. The molecule has 1 aliphatic rings. The number of benzene rings is 1. The molecule has 0 radical (unpaired) electrons. The van der Waals surface area contributed by atoms with Gasteiger partial charge in [-0.1, -0.05) is 18.6 Å². The van der Waals surface area contributed by atoms with Crippen LogP contribution in [0.5, 0.6) is 5.75 Å². The molecule has 0 heterocycles. The van der Waals surface area contributed by atoms with Gasteiger partial charge < -0.3 is 21.3 Å². The third-order valence-corrected chi connectivity index (χ3v) is 4.32. The zero-order chi connectivity index (χ0) is 15.2. The van der Waals surface area contributed by atoms with Gasteiger partial charge in [-0.25, -0.2) is 0 Å². The van der Waals surface area contributed by atoms with E-state index < -0.39 is 6.04 Å².